The molecule has 1 fully saturated rings. The summed E-state index contributed by atoms with van der Waals surface area (Å²) >= 11 is 1.87. The van der Waals surface area contributed by atoms with Crippen LogP contribution in [0.4, 0.5) is 0 Å². The van der Waals surface area contributed by atoms with Crippen molar-refractivity contribution in [1.29, 1.82) is 0 Å². The summed E-state index contributed by atoms with van der Waals surface area (Å²) in [5.74, 6) is 1.93. The number of rotatable bonds is 2. The highest BCUT2D eigenvalue weighted by Crippen LogP contribution is 2.30. The molecule has 0 bridgehead atoms. The van der Waals surface area contributed by atoms with Crippen molar-refractivity contribution < 1.29 is 14.3 Å². The van der Waals surface area contributed by atoms with Gasteiger partial charge in [-0.25, -0.2) is 9.78 Å². The van der Waals surface area contributed by atoms with Crippen LogP contribution in [-0.4, -0.2) is 27.6 Å². The molecule has 5 heteroatoms. The molecule has 2 rings (SSSR count). The molecule has 1 N–H and O–H groups in total. The average molecular weight is 213 g/mol. The molecule has 0 spiro atoms. The van der Waals surface area contributed by atoms with E-state index >= 15 is 0 Å². The molecule has 1 aromatic heterocycles. The van der Waals surface area contributed by atoms with Crippen LogP contribution in [0.2, 0.25) is 0 Å². The summed E-state index contributed by atoms with van der Waals surface area (Å²) in [6.45, 7) is 0. The Bertz CT molecular complexity index is 331. The van der Waals surface area contributed by atoms with E-state index in [1.807, 2.05) is 11.8 Å². The number of nitrogens with zero attached hydrogens (tertiary/aromatic N) is 1. The van der Waals surface area contributed by atoms with Crippen molar-refractivity contribution in [2.24, 2.45) is 0 Å². The minimum atomic E-state index is -1.05. The molecule has 1 aliphatic heterocycles. The van der Waals surface area contributed by atoms with E-state index in [4.69, 9.17) is 9.52 Å². The number of carbonyl (C=O) groups is 1. The second-order valence-electron chi connectivity index (χ2n) is 3.28. The van der Waals surface area contributed by atoms with Crippen molar-refractivity contribution in [3.8, 4) is 0 Å². The van der Waals surface area contributed by atoms with Crippen LogP contribution in [0.1, 0.15) is 35.2 Å². The van der Waals surface area contributed by atoms with Gasteiger partial charge in [-0.15, -0.1) is 0 Å². The Morgan fingerprint density at radius 2 is 2.57 bits per heavy atom. The van der Waals surface area contributed by atoms with Crippen LogP contribution < -0.4 is 0 Å². The fraction of sp³-hybridized carbons (Fsp3) is 0.556. The summed E-state index contributed by atoms with van der Waals surface area (Å²) < 4.78 is 5.16. The van der Waals surface area contributed by atoms with Gasteiger partial charge in [-0.05, 0) is 18.6 Å². The summed E-state index contributed by atoms with van der Waals surface area (Å²) in [7, 11) is 0. The molecule has 1 aliphatic rings. The molecule has 0 aliphatic carbocycles. The van der Waals surface area contributed by atoms with Crippen molar-refractivity contribution in [3.05, 3.63) is 17.8 Å². The molecule has 76 valence electrons. The van der Waals surface area contributed by atoms with Crippen molar-refractivity contribution in [1.82, 2.24) is 4.98 Å². The van der Waals surface area contributed by atoms with E-state index in [1.54, 1.807) is 0 Å². The van der Waals surface area contributed by atoms with E-state index in [0.29, 0.717) is 11.8 Å². The Kier molecular flexibility index (Phi) is 2.77. The zero-order valence-electron chi connectivity index (χ0n) is 7.60. The maximum absolute atomic E-state index is 10.6. The van der Waals surface area contributed by atoms with Crippen molar-refractivity contribution in [2.45, 2.75) is 18.8 Å². The van der Waals surface area contributed by atoms with Gasteiger partial charge >= 0.3 is 5.97 Å². The molecule has 1 aromatic rings. The first kappa shape index (κ1) is 9.58. The zero-order chi connectivity index (χ0) is 9.97. The third-order valence-corrected chi connectivity index (χ3v) is 3.46. The van der Waals surface area contributed by atoms with Gasteiger partial charge in [0.25, 0.3) is 0 Å². The number of oxazole rings is 1. The van der Waals surface area contributed by atoms with Crippen LogP contribution in [0.5, 0.6) is 0 Å². The molecule has 0 saturated carbocycles. The predicted octanol–water partition coefficient (Wildman–Crippen LogP) is 1.98. The molecular weight excluding hydrogens is 202 g/mol. The average Bonchev–Trinajstić information content (AvgIpc) is 2.68. The largest absolute Gasteiger partial charge is 0.475 e. The Labute approximate surface area is 85.7 Å². The fourth-order valence-electron chi connectivity index (χ4n) is 1.51. The third kappa shape index (κ3) is 1.92. The van der Waals surface area contributed by atoms with Gasteiger partial charge < -0.3 is 9.52 Å². The minimum absolute atomic E-state index is 0.0597. The lowest BCUT2D eigenvalue weighted by Crippen LogP contribution is -2.08. The van der Waals surface area contributed by atoms with Crippen molar-refractivity contribution in [2.75, 3.05) is 11.5 Å². The zero-order valence-corrected chi connectivity index (χ0v) is 8.42. The van der Waals surface area contributed by atoms with Gasteiger partial charge in [0, 0.05) is 11.7 Å². The van der Waals surface area contributed by atoms with Gasteiger partial charge in [0.15, 0.2) is 5.89 Å². The van der Waals surface area contributed by atoms with Crippen LogP contribution in [-0.2, 0) is 0 Å². The molecule has 2 heterocycles. The smallest absolute Gasteiger partial charge is 0.373 e. The number of aromatic nitrogens is 1. The summed E-state index contributed by atoms with van der Waals surface area (Å²) in [4.78, 5) is 14.6. The number of thioether (sulfide) groups is 1. The molecule has 1 atom stereocenters. The topological polar surface area (TPSA) is 63.3 Å². The quantitative estimate of drug-likeness (QED) is 0.813. The second-order valence-corrected chi connectivity index (χ2v) is 4.43. The van der Waals surface area contributed by atoms with Crippen molar-refractivity contribution in [3.63, 3.8) is 0 Å². The molecule has 1 saturated heterocycles. The molecule has 0 amide bonds. The van der Waals surface area contributed by atoms with Crippen molar-refractivity contribution >= 4 is 17.7 Å². The van der Waals surface area contributed by atoms with Gasteiger partial charge in [-0.3, -0.25) is 0 Å². The van der Waals surface area contributed by atoms with E-state index in [2.05, 4.69) is 4.98 Å². The van der Waals surface area contributed by atoms with E-state index in [9.17, 15) is 4.79 Å². The van der Waals surface area contributed by atoms with Crippen LogP contribution in [0, 0.1) is 0 Å². The lowest BCUT2D eigenvalue weighted by Gasteiger charge is -2.17. The van der Waals surface area contributed by atoms with Crippen LogP contribution in [0.3, 0.4) is 0 Å². The SMILES string of the molecule is O=C(O)c1cnc(C2CCCSC2)o1. The van der Waals surface area contributed by atoms with Crippen LogP contribution in [0.15, 0.2) is 10.6 Å². The van der Waals surface area contributed by atoms with Gasteiger partial charge in [-0.1, -0.05) is 0 Å². The van der Waals surface area contributed by atoms with E-state index in [-0.39, 0.29) is 5.76 Å². The normalized spacial score (nSPS) is 22.1. The van der Waals surface area contributed by atoms with Gasteiger partial charge in [-0.2, -0.15) is 11.8 Å². The van der Waals surface area contributed by atoms with Crippen LogP contribution >= 0.6 is 11.8 Å². The maximum atomic E-state index is 10.6. The summed E-state index contributed by atoms with van der Waals surface area (Å²) in [6, 6.07) is 0. The summed E-state index contributed by atoms with van der Waals surface area (Å²) in [5.41, 5.74) is 0. The Hall–Kier alpha value is -0.970. The summed E-state index contributed by atoms with van der Waals surface area (Å²) in [6.07, 6.45) is 3.49. The molecular formula is C9H11NO3S. The van der Waals surface area contributed by atoms with Gasteiger partial charge in [0.1, 0.15) is 0 Å². The second kappa shape index (κ2) is 4.04. The van der Waals surface area contributed by atoms with Crippen LogP contribution in [0.25, 0.3) is 0 Å². The number of hydrogen-bond donors (Lipinski definition) is 1. The number of carboxylic acids is 1. The maximum Gasteiger partial charge on any atom is 0.373 e. The van der Waals surface area contributed by atoms with E-state index in [0.717, 1.165) is 18.6 Å². The lowest BCUT2D eigenvalue weighted by molar-refractivity contribution is 0.0659. The minimum Gasteiger partial charge on any atom is -0.475 e. The predicted molar refractivity (Wildman–Crippen MR) is 52.8 cm³/mol. The number of aromatic carboxylic acids is 1. The highest BCUT2D eigenvalue weighted by atomic mass is 32.2. The summed E-state index contributed by atoms with van der Waals surface area (Å²) in [5, 5.41) is 8.66. The standard InChI is InChI=1S/C9H11NO3S/c11-9(12)7-4-10-8(13-7)6-2-1-3-14-5-6/h4,6H,1-3,5H2,(H,11,12). The molecule has 0 aromatic carbocycles. The Morgan fingerprint density at radius 3 is 3.14 bits per heavy atom. The first-order chi connectivity index (χ1) is 6.77. The monoisotopic (exact) mass is 213 g/mol. The van der Waals surface area contributed by atoms with E-state index < -0.39 is 5.97 Å². The van der Waals surface area contributed by atoms with E-state index in [1.165, 1.54) is 11.9 Å². The highest BCUT2D eigenvalue weighted by Gasteiger charge is 2.21. The van der Waals surface area contributed by atoms with Gasteiger partial charge in [0.05, 0.1) is 6.20 Å². The molecule has 0 radical (unpaired) electrons. The highest BCUT2D eigenvalue weighted by molar-refractivity contribution is 7.99. The fourth-order valence-corrected chi connectivity index (χ4v) is 2.64. The molecule has 4 nitrogen and oxygen atoms in total. The Balaban J connectivity index is 2.11. The number of hydrogen-bond acceptors (Lipinski definition) is 4. The van der Waals surface area contributed by atoms with Gasteiger partial charge in [0.2, 0.25) is 5.76 Å². The Morgan fingerprint density at radius 1 is 1.71 bits per heavy atom. The first-order valence-corrected chi connectivity index (χ1v) is 5.69. The lowest BCUT2D eigenvalue weighted by atomic mass is 10.1. The number of carboxylic acid groups (broad SMARTS) is 1. The third-order valence-electron chi connectivity index (χ3n) is 2.24. The first-order valence-electron chi connectivity index (χ1n) is 4.54. The molecule has 1 unspecified atom stereocenters. The molecule has 14 heavy (non-hydrogen) atoms.